The molecule has 0 radical (unpaired) electrons. The molecular formula is C16H19N3O2S. The predicted molar refractivity (Wildman–Crippen MR) is 86.0 cm³/mol. The van der Waals surface area contributed by atoms with Crippen LogP contribution in [-0.4, -0.2) is 33.4 Å². The molecule has 1 atom stereocenters. The molecule has 0 saturated carbocycles. The highest BCUT2D eigenvalue weighted by atomic mass is 32.1. The Morgan fingerprint density at radius 3 is 3.09 bits per heavy atom. The molecule has 2 aromatic rings. The number of amides is 1. The number of rotatable bonds is 4. The zero-order valence-corrected chi connectivity index (χ0v) is 13.2. The van der Waals surface area contributed by atoms with Crippen LogP contribution >= 0.6 is 11.3 Å². The molecule has 1 unspecified atom stereocenters. The largest absolute Gasteiger partial charge is 0.342 e. The van der Waals surface area contributed by atoms with Crippen LogP contribution in [0.25, 0.3) is 0 Å². The van der Waals surface area contributed by atoms with Crippen molar-refractivity contribution in [3.63, 3.8) is 0 Å². The van der Waals surface area contributed by atoms with E-state index in [0.29, 0.717) is 18.9 Å². The summed E-state index contributed by atoms with van der Waals surface area (Å²) in [5.74, 6) is 0.481. The molecule has 0 aromatic carbocycles. The zero-order valence-electron chi connectivity index (χ0n) is 12.4. The Morgan fingerprint density at radius 2 is 2.32 bits per heavy atom. The number of thiazole rings is 1. The maximum Gasteiger partial charge on any atom is 0.250 e. The Hall–Kier alpha value is -1.95. The lowest BCUT2D eigenvalue weighted by Gasteiger charge is -2.32. The molecule has 6 heteroatoms. The Balaban J connectivity index is 1.58. The minimum Gasteiger partial charge on any atom is -0.342 e. The highest BCUT2D eigenvalue weighted by Crippen LogP contribution is 2.28. The number of nitrogens with zero attached hydrogens (tertiary/aromatic N) is 3. The van der Waals surface area contributed by atoms with E-state index in [1.54, 1.807) is 28.2 Å². The van der Waals surface area contributed by atoms with Gasteiger partial charge in [0.05, 0.1) is 5.01 Å². The summed E-state index contributed by atoms with van der Waals surface area (Å²) < 4.78 is 1.58. The third-order valence-corrected chi connectivity index (χ3v) is 4.98. The highest BCUT2D eigenvalue weighted by Gasteiger charge is 2.25. The first kappa shape index (κ1) is 15.0. The average molecular weight is 317 g/mol. The number of likely N-dealkylation sites (tertiary alicyclic amines) is 1. The van der Waals surface area contributed by atoms with Crippen molar-refractivity contribution in [2.45, 2.75) is 31.7 Å². The smallest absolute Gasteiger partial charge is 0.250 e. The molecule has 1 aliphatic rings. The van der Waals surface area contributed by atoms with Crippen molar-refractivity contribution in [3.05, 3.63) is 51.3 Å². The highest BCUT2D eigenvalue weighted by molar-refractivity contribution is 7.09. The molecule has 0 N–H and O–H groups in total. The fraction of sp³-hybridized carbons (Fsp3) is 0.438. The van der Waals surface area contributed by atoms with Crippen molar-refractivity contribution >= 4 is 17.2 Å². The summed E-state index contributed by atoms with van der Waals surface area (Å²) in [5, 5.41) is 3.11. The number of carbonyl (C=O) groups excluding carboxylic acids is 1. The molecule has 1 fully saturated rings. The summed E-state index contributed by atoms with van der Waals surface area (Å²) >= 11 is 1.66. The second-order valence-corrected chi connectivity index (χ2v) is 6.46. The monoisotopic (exact) mass is 317 g/mol. The van der Waals surface area contributed by atoms with Gasteiger partial charge in [-0.25, -0.2) is 4.98 Å². The predicted octanol–water partition coefficient (Wildman–Crippen LogP) is 2.10. The topological polar surface area (TPSA) is 55.2 Å². The normalized spacial score (nSPS) is 18.4. The van der Waals surface area contributed by atoms with Gasteiger partial charge in [-0.1, -0.05) is 6.07 Å². The number of pyridine rings is 1. The summed E-state index contributed by atoms with van der Waals surface area (Å²) in [6.07, 6.45) is 6.03. The minimum absolute atomic E-state index is 0.0605. The molecule has 1 amide bonds. The van der Waals surface area contributed by atoms with Crippen LogP contribution in [0.3, 0.4) is 0 Å². The SMILES string of the molecule is O=C(CCn1ccccc1=O)N1CCCC(c2nccs2)C1. The fourth-order valence-corrected chi connectivity index (χ4v) is 3.63. The van der Waals surface area contributed by atoms with Gasteiger partial charge in [-0.3, -0.25) is 9.59 Å². The van der Waals surface area contributed by atoms with Crippen molar-refractivity contribution < 1.29 is 4.79 Å². The first-order valence-corrected chi connectivity index (χ1v) is 8.44. The Kier molecular flexibility index (Phi) is 4.68. The van der Waals surface area contributed by atoms with E-state index in [1.807, 2.05) is 22.5 Å². The molecule has 1 saturated heterocycles. The maximum atomic E-state index is 12.4. The van der Waals surface area contributed by atoms with Crippen LogP contribution in [0.1, 0.15) is 30.2 Å². The van der Waals surface area contributed by atoms with Crippen LogP contribution in [0.15, 0.2) is 40.8 Å². The molecule has 2 aromatic heterocycles. The van der Waals surface area contributed by atoms with E-state index in [9.17, 15) is 9.59 Å². The van der Waals surface area contributed by atoms with Gasteiger partial charge in [-0.05, 0) is 18.9 Å². The van der Waals surface area contributed by atoms with Crippen molar-refractivity contribution in [1.29, 1.82) is 0 Å². The van der Waals surface area contributed by atoms with Crippen LogP contribution in [-0.2, 0) is 11.3 Å². The number of hydrogen-bond acceptors (Lipinski definition) is 4. The summed E-state index contributed by atoms with van der Waals surface area (Å²) in [5.41, 5.74) is -0.0605. The Labute approximate surface area is 133 Å². The van der Waals surface area contributed by atoms with Crippen LogP contribution in [0.4, 0.5) is 0 Å². The molecule has 3 heterocycles. The van der Waals surface area contributed by atoms with Gasteiger partial charge in [0.1, 0.15) is 0 Å². The number of aryl methyl sites for hydroxylation is 1. The van der Waals surface area contributed by atoms with Crippen molar-refractivity contribution in [1.82, 2.24) is 14.5 Å². The lowest BCUT2D eigenvalue weighted by atomic mass is 9.98. The van der Waals surface area contributed by atoms with Gasteiger partial charge in [-0.2, -0.15) is 0 Å². The van der Waals surface area contributed by atoms with Crippen molar-refractivity contribution in [2.75, 3.05) is 13.1 Å². The van der Waals surface area contributed by atoms with E-state index >= 15 is 0 Å². The summed E-state index contributed by atoms with van der Waals surface area (Å²) in [4.78, 5) is 30.3. The summed E-state index contributed by atoms with van der Waals surface area (Å²) in [6, 6.07) is 5.04. The minimum atomic E-state index is -0.0605. The number of hydrogen-bond donors (Lipinski definition) is 0. The van der Waals surface area contributed by atoms with Crippen molar-refractivity contribution in [3.8, 4) is 0 Å². The van der Waals surface area contributed by atoms with Gasteiger partial charge in [0.25, 0.3) is 5.56 Å². The standard InChI is InChI=1S/C16H19N3O2S/c20-14-5-1-2-8-18(14)10-6-15(21)19-9-3-4-13(12-19)16-17-7-11-22-16/h1-2,5,7-8,11,13H,3-4,6,9-10,12H2. The molecule has 0 aliphatic carbocycles. The van der Waals surface area contributed by atoms with Gasteiger partial charge in [0.15, 0.2) is 0 Å². The van der Waals surface area contributed by atoms with Crippen LogP contribution in [0.2, 0.25) is 0 Å². The van der Waals surface area contributed by atoms with Gasteiger partial charge in [0.2, 0.25) is 5.91 Å². The van der Waals surface area contributed by atoms with E-state index in [0.717, 1.165) is 30.9 Å². The average Bonchev–Trinajstić information content (AvgIpc) is 3.08. The Bertz CT molecular complexity index is 681. The van der Waals surface area contributed by atoms with E-state index in [2.05, 4.69) is 4.98 Å². The molecule has 0 bridgehead atoms. The Morgan fingerprint density at radius 1 is 1.41 bits per heavy atom. The van der Waals surface area contributed by atoms with Crippen LogP contribution in [0, 0.1) is 0 Å². The molecule has 116 valence electrons. The van der Waals surface area contributed by atoms with E-state index in [1.165, 1.54) is 6.07 Å². The molecule has 3 rings (SSSR count). The first-order valence-electron chi connectivity index (χ1n) is 7.56. The molecule has 1 aliphatic heterocycles. The number of aromatic nitrogens is 2. The fourth-order valence-electron chi connectivity index (χ4n) is 2.86. The second kappa shape index (κ2) is 6.87. The zero-order chi connectivity index (χ0) is 15.4. The van der Waals surface area contributed by atoms with Crippen LogP contribution < -0.4 is 5.56 Å². The van der Waals surface area contributed by atoms with Crippen LogP contribution in [0.5, 0.6) is 0 Å². The second-order valence-electron chi connectivity index (χ2n) is 5.53. The quantitative estimate of drug-likeness (QED) is 0.868. The molecule has 5 nitrogen and oxygen atoms in total. The lowest BCUT2D eigenvalue weighted by Crippen LogP contribution is -2.39. The van der Waals surface area contributed by atoms with E-state index < -0.39 is 0 Å². The van der Waals surface area contributed by atoms with E-state index in [4.69, 9.17) is 0 Å². The van der Waals surface area contributed by atoms with Gasteiger partial charge in [0, 0.05) is 55.8 Å². The van der Waals surface area contributed by atoms with Gasteiger partial charge >= 0.3 is 0 Å². The maximum absolute atomic E-state index is 12.4. The first-order chi connectivity index (χ1) is 10.7. The number of piperidine rings is 1. The molecule has 0 spiro atoms. The van der Waals surface area contributed by atoms with Gasteiger partial charge in [-0.15, -0.1) is 11.3 Å². The summed E-state index contributed by atoms with van der Waals surface area (Å²) in [7, 11) is 0. The number of carbonyl (C=O) groups is 1. The van der Waals surface area contributed by atoms with Gasteiger partial charge < -0.3 is 9.47 Å². The molecular weight excluding hydrogens is 298 g/mol. The lowest BCUT2D eigenvalue weighted by molar-refractivity contribution is -0.132. The van der Waals surface area contributed by atoms with E-state index in [-0.39, 0.29) is 11.5 Å². The molecule has 22 heavy (non-hydrogen) atoms. The third-order valence-electron chi connectivity index (χ3n) is 4.04. The van der Waals surface area contributed by atoms with Crippen molar-refractivity contribution in [2.24, 2.45) is 0 Å². The third kappa shape index (κ3) is 3.44. The summed E-state index contributed by atoms with van der Waals surface area (Å²) in [6.45, 7) is 2.00.